The van der Waals surface area contributed by atoms with Crippen LogP contribution in [0.2, 0.25) is 0 Å². The van der Waals surface area contributed by atoms with Gasteiger partial charge in [0.05, 0.1) is 5.56 Å². The second kappa shape index (κ2) is 8.61. The highest BCUT2D eigenvalue weighted by Gasteiger charge is 2.19. The summed E-state index contributed by atoms with van der Waals surface area (Å²) in [4.78, 5) is 45.9. The minimum atomic E-state index is -1.05. The molecule has 2 rings (SSSR count). The number of nitrogens with two attached hydrogens (primary N) is 1. The van der Waals surface area contributed by atoms with Gasteiger partial charge in [-0.1, -0.05) is 12.1 Å². The minimum absolute atomic E-state index is 0.123. The van der Waals surface area contributed by atoms with Gasteiger partial charge >= 0.3 is 5.97 Å². The van der Waals surface area contributed by atoms with Gasteiger partial charge in [0, 0.05) is 24.6 Å². The number of rotatable bonds is 7. The first-order valence-electron chi connectivity index (χ1n) is 8.06. The average Bonchev–Trinajstić information content (AvgIpc) is 2.61. The second-order valence-corrected chi connectivity index (χ2v) is 5.89. The quantitative estimate of drug-likeness (QED) is 0.580. The molecule has 0 radical (unpaired) electrons. The average molecular weight is 369 g/mol. The zero-order valence-electron chi connectivity index (χ0n) is 14.6. The van der Waals surface area contributed by atoms with Gasteiger partial charge in [-0.05, 0) is 42.0 Å². The summed E-state index contributed by atoms with van der Waals surface area (Å²) < 4.78 is 0. The zero-order valence-corrected chi connectivity index (χ0v) is 14.6. The first-order valence-corrected chi connectivity index (χ1v) is 8.06. The van der Waals surface area contributed by atoms with Crippen molar-refractivity contribution < 1.29 is 24.3 Å². The molecule has 140 valence electrons. The van der Waals surface area contributed by atoms with E-state index in [1.807, 2.05) is 0 Å². The van der Waals surface area contributed by atoms with Crippen LogP contribution in [0.4, 0.5) is 5.69 Å². The van der Waals surface area contributed by atoms with Crippen molar-refractivity contribution in [3.8, 4) is 0 Å². The van der Waals surface area contributed by atoms with Crippen LogP contribution in [0, 0.1) is 0 Å². The third-order valence-electron chi connectivity index (χ3n) is 3.76. The van der Waals surface area contributed by atoms with Gasteiger partial charge in [-0.2, -0.15) is 0 Å². The molecule has 1 atom stereocenters. The Hall–Kier alpha value is -3.68. The van der Waals surface area contributed by atoms with Gasteiger partial charge in [0.1, 0.15) is 6.04 Å². The molecule has 0 spiro atoms. The van der Waals surface area contributed by atoms with Crippen molar-refractivity contribution >= 4 is 29.4 Å². The lowest BCUT2D eigenvalue weighted by molar-refractivity contribution is -0.119. The summed E-state index contributed by atoms with van der Waals surface area (Å²) in [5, 5.41) is 14.1. The number of amides is 3. The van der Waals surface area contributed by atoms with Crippen LogP contribution in [0.15, 0.2) is 48.5 Å². The maximum Gasteiger partial charge on any atom is 0.335 e. The number of hydrogen-bond donors (Lipinski definition) is 4. The molecule has 0 aliphatic heterocycles. The molecule has 0 saturated carbocycles. The maximum absolute atomic E-state index is 12.3. The number of nitrogens with one attached hydrogen (secondary N) is 2. The molecule has 0 aliphatic carbocycles. The molecule has 0 aliphatic rings. The van der Waals surface area contributed by atoms with Crippen LogP contribution in [0.1, 0.15) is 33.2 Å². The van der Waals surface area contributed by atoms with Crippen LogP contribution in [0.25, 0.3) is 0 Å². The van der Waals surface area contributed by atoms with Crippen molar-refractivity contribution in [1.82, 2.24) is 5.32 Å². The third-order valence-corrected chi connectivity index (χ3v) is 3.76. The van der Waals surface area contributed by atoms with Crippen molar-refractivity contribution in [1.29, 1.82) is 0 Å². The minimum Gasteiger partial charge on any atom is -0.478 e. The van der Waals surface area contributed by atoms with Crippen LogP contribution in [0.3, 0.4) is 0 Å². The summed E-state index contributed by atoms with van der Waals surface area (Å²) in [5.74, 6) is -2.48. The molecule has 27 heavy (non-hydrogen) atoms. The van der Waals surface area contributed by atoms with Gasteiger partial charge in [-0.3, -0.25) is 14.4 Å². The standard InChI is InChI=1S/C19H19N3O5/c1-11(23)21-15-8-6-13(7-9-15)18(25)22-16(17(20)24)10-12-2-4-14(5-3-12)19(26)27/h2-9,16H,10H2,1H3,(H2,20,24)(H,21,23)(H,22,25)(H,26,27)/t16-/m1/s1. The van der Waals surface area contributed by atoms with E-state index in [0.29, 0.717) is 16.8 Å². The SMILES string of the molecule is CC(=O)Nc1ccc(C(=O)N[C@H](Cc2ccc(C(=O)O)cc2)C(N)=O)cc1. The van der Waals surface area contributed by atoms with E-state index < -0.39 is 23.8 Å². The zero-order chi connectivity index (χ0) is 20.0. The fourth-order valence-electron chi connectivity index (χ4n) is 2.39. The topological polar surface area (TPSA) is 139 Å². The summed E-state index contributed by atoms with van der Waals surface area (Å²) >= 11 is 0. The predicted octanol–water partition coefficient (Wildman–Crippen LogP) is 1.17. The van der Waals surface area contributed by atoms with Crippen LogP contribution in [0.5, 0.6) is 0 Å². The van der Waals surface area contributed by atoms with Gasteiger partial charge < -0.3 is 21.5 Å². The first kappa shape index (κ1) is 19.6. The molecule has 8 nitrogen and oxygen atoms in total. The molecule has 5 N–H and O–H groups in total. The summed E-state index contributed by atoms with van der Waals surface area (Å²) in [5.41, 5.74) is 7.00. The molecule has 0 heterocycles. The van der Waals surface area contributed by atoms with E-state index in [9.17, 15) is 19.2 Å². The number of carboxylic acid groups (broad SMARTS) is 1. The van der Waals surface area contributed by atoms with Gasteiger partial charge in [0.25, 0.3) is 5.91 Å². The Bertz CT molecular complexity index is 860. The number of primary amides is 1. The largest absolute Gasteiger partial charge is 0.478 e. The van der Waals surface area contributed by atoms with Crippen molar-refractivity contribution in [2.45, 2.75) is 19.4 Å². The van der Waals surface area contributed by atoms with Crippen molar-refractivity contribution in [3.63, 3.8) is 0 Å². The summed E-state index contributed by atoms with van der Waals surface area (Å²) in [7, 11) is 0. The van der Waals surface area contributed by atoms with E-state index in [2.05, 4.69) is 10.6 Å². The molecule has 8 heteroatoms. The smallest absolute Gasteiger partial charge is 0.335 e. The summed E-state index contributed by atoms with van der Waals surface area (Å²) in [6.45, 7) is 1.38. The van der Waals surface area contributed by atoms with Crippen LogP contribution in [-0.4, -0.2) is 34.8 Å². The number of benzene rings is 2. The molecular formula is C19H19N3O5. The van der Waals surface area contributed by atoms with Gasteiger partial charge in [0.2, 0.25) is 11.8 Å². The fraction of sp³-hybridized carbons (Fsp3) is 0.158. The molecule has 3 amide bonds. The van der Waals surface area contributed by atoms with Crippen molar-refractivity contribution in [2.24, 2.45) is 5.73 Å². The number of hydrogen-bond acceptors (Lipinski definition) is 4. The highest BCUT2D eigenvalue weighted by Crippen LogP contribution is 2.11. The fourth-order valence-corrected chi connectivity index (χ4v) is 2.39. The van der Waals surface area contributed by atoms with Gasteiger partial charge in [-0.15, -0.1) is 0 Å². The number of carboxylic acids is 1. The van der Waals surface area contributed by atoms with Crippen LogP contribution >= 0.6 is 0 Å². The van der Waals surface area contributed by atoms with E-state index in [0.717, 1.165) is 0 Å². The van der Waals surface area contributed by atoms with E-state index >= 15 is 0 Å². The number of anilines is 1. The van der Waals surface area contributed by atoms with E-state index in [-0.39, 0.29) is 17.9 Å². The Morgan fingerprint density at radius 2 is 1.52 bits per heavy atom. The summed E-state index contributed by atoms with van der Waals surface area (Å²) in [6, 6.07) is 11.2. The molecule has 2 aromatic carbocycles. The lowest BCUT2D eigenvalue weighted by atomic mass is 10.0. The van der Waals surface area contributed by atoms with E-state index in [4.69, 9.17) is 10.8 Å². The highest BCUT2D eigenvalue weighted by molar-refractivity contribution is 5.98. The molecule has 0 aromatic heterocycles. The normalized spacial score (nSPS) is 11.3. The van der Waals surface area contributed by atoms with Gasteiger partial charge in [0.15, 0.2) is 0 Å². The monoisotopic (exact) mass is 369 g/mol. The molecule has 0 bridgehead atoms. The highest BCUT2D eigenvalue weighted by atomic mass is 16.4. The molecule has 0 fully saturated rings. The number of aromatic carboxylic acids is 1. The Labute approximate surface area is 155 Å². The molecule has 2 aromatic rings. The van der Waals surface area contributed by atoms with E-state index in [1.54, 1.807) is 24.3 Å². The number of carbonyl (C=O) groups excluding carboxylic acids is 3. The predicted molar refractivity (Wildman–Crippen MR) is 98.3 cm³/mol. The summed E-state index contributed by atoms with van der Waals surface area (Å²) in [6.07, 6.45) is 0.130. The van der Waals surface area contributed by atoms with Crippen molar-refractivity contribution in [2.75, 3.05) is 5.32 Å². The lowest BCUT2D eigenvalue weighted by Crippen LogP contribution is -2.45. The Balaban J connectivity index is 2.06. The molecular weight excluding hydrogens is 350 g/mol. The first-order chi connectivity index (χ1) is 12.8. The Kier molecular flexibility index (Phi) is 6.27. The second-order valence-electron chi connectivity index (χ2n) is 5.89. The lowest BCUT2D eigenvalue weighted by Gasteiger charge is -2.16. The third kappa shape index (κ3) is 5.67. The maximum atomic E-state index is 12.3. The molecule has 0 saturated heterocycles. The van der Waals surface area contributed by atoms with Gasteiger partial charge in [-0.25, -0.2) is 4.79 Å². The van der Waals surface area contributed by atoms with Crippen LogP contribution in [-0.2, 0) is 16.0 Å². The molecule has 0 unspecified atom stereocenters. The van der Waals surface area contributed by atoms with Crippen molar-refractivity contribution in [3.05, 3.63) is 65.2 Å². The Morgan fingerprint density at radius 3 is 2.00 bits per heavy atom. The van der Waals surface area contributed by atoms with E-state index in [1.165, 1.54) is 31.2 Å². The number of carbonyl (C=O) groups is 4. The van der Waals surface area contributed by atoms with Crippen LogP contribution < -0.4 is 16.4 Å². The Morgan fingerprint density at radius 1 is 0.963 bits per heavy atom.